The van der Waals surface area contributed by atoms with Crippen molar-refractivity contribution >= 4 is 15.9 Å². The molecular formula is C14H16BrN3. The monoisotopic (exact) mass is 305 g/mol. The fourth-order valence-electron chi connectivity index (χ4n) is 2.53. The molecule has 0 fully saturated rings. The van der Waals surface area contributed by atoms with Crippen molar-refractivity contribution in [3.05, 3.63) is 40.1 Å². The van der Waals surface area contributed by atoms with Crippen LogP contribution < -0.4 is 5.73 Å². The number of fused-ring (bicyclic) bond motifs is 1. The van der Waals surface area contributed by atoms with E-state index in [2.05, 4.69) is 56.7 Å². The number of aromatic nitrogens is 2. The standard InChI is InChI=1S/C14H16BrN3/c1-9-5-7-10(8-6-9)14-17-13(15)11-3-2-4-12(16)18(11)14/h5-8,12H,2-4,16H2,1H3. The van der Waals surface area contributed by atoms with E-state index in [1.165, 1.54) is 11.3 Å². The molecule has 3 nitrogen and oxygen atoms in total. The van der Waals surface area contributed by atoms with Crippen LogP contribution >= 0.6 is 15.9 Å². The zero-order valence-electron chi connectivity index (χ0n) is 10.4. The molecule has 1 aliphatic heterocycles. The van der Waals surface area contributed by atoms with E-state index in [1.54, 1.807) is 0 Å². The first kappa shape index (κ1) is 11.9. The summed E-state index contributed by atoms with van der Waals surface area (Å²) in [6, 6.07) is 8.44. The highest BCUT2D eigenvalue weighted by atomic mass is 79.9. The van der Waals surface area contributed by atoms with Gasteiger partial charge in [-0.1, -0.05) is 29.8 Å². The first-order chi connectivity index (χ1) is 8.66. The van der Waals surface area contributed by atoms with Crippen molar-refractivity contribution in [2.75, 3.05) is 0 Å². The summed E-state index contributed by atoms with van der Waals surface area (Å²) in [6.07, 6.45) is 3.25. The van der Waals surface area contributed by atoms with Crippen LogP contribution in [0, 0.1) is 6.92 Å². The normalized spacial score (nSPS) is 18.7. The van der Waals surface area contributed by atoms with Crippen molar-refractivity contribution in [3.63, 3.8) is 0 Å². The minimum atomic E-state index is 0.0452. The molecule has 94 valence electrons. The summed E-state index contributed by atoms with van der Waals surface area (Å²) in [5, 5.41) is 0. The predicted molar refractivity (Wildman–Crippen MR) is 76.3 cm³/mol. The van der Waals surface area contributed by atoms with E-state index in [1.807, 2.05) is 0 Å². The molecular weight excluding hydrogens is 290 g/mol. The summed E-state index contributed by atoms with van der Waals surface area (Å²) in [5.74, 6) is 0.976. The topological polar surface area (TPSA) is 43.8 Å². The van der Waals surface area contributed by atoms with Crippen LogP contribution in [0.15, 0.2) is 28.9 Å². The van der Waals surface area contributed by atoms with Gasteiger partial charge in [0.25, 0.3) is 0 Å². The van der Waals surface area contributed by atoms with Gasteiger partial charge in [-0.2, -0.15) is 0 Å². The lowest BCUT2D eigenvalue weighted by Crippen LogP contribution is -2.25. The number of rotatable bonds is 1. The first-order valence-corrected chi connectivity index (χ1v) is 7.05. The van der Waals surface area contributed by atoms with Gasteiger partial charge >= 0.3 is 0 Å². The summed E-state index contributed by atoms with van der Waals surface area (Å²) in [5.41, 5.74) is 9.84. The van der Waals surface area contributed by atoms with Gasteiger partial charge in [0.05, 0.1) is 11.9 Å². The highest BCUT2D eigenvalue weighted by Gasteiger charge is 2.24. The van der Waals surface area contributed by atoms with Gasteiger partial charge < -0.3 is 10.3 Å². The minimum Gasteiger partial charge on any atom is -0.311 e. The van der Waals surface area contributed by atoms with Crippen LogP contribution in [0.2, 0.25) is 0 Å². The fourth-order valence-corrected chi connectivity index (χ4v) is 3.09. The molecule has 4 heteroatoms. The maximum Gasteiger partial charge on any atom is 0.142 e. The van der Waals surface area contributed by atoms with E-state index < -0.39 is 0 Å². The Morgan fingerprint density at radius 2 is 2.06 bits per heavy atom. The van der Waals surface area contributed by atoms with Gasteiger partial charge in [-0.25, -0.2) is 4.98 Å². The third kappa shape index (κ3) is 1.89. The van der Waals surface area contributed by atoms with Crippen molar-refractivity contribution in [2.45, 2.75) is 32.4 Å². The van der Waals surface area contributed by atoms with E-state index in [0.29, 0.717) is 0 Å². The quantitative estimate of drug-likeness (QED) is 0.877. The molecule has 1 aromatic carbocycles. The zero-order chi connectivity index (χ0) is 12.7. The Balaban J connectivity index is 2.15. The molecule has 1 aromatic heterocycles. The molecule has 1 unspecified atom stereocenters. The van der Waals surface area contributed by atoms with E-state index in [4.69, 9.17) is 5.73 Å². The Kier molecular flexibility index (Phi) is 2.99. The van der Waals surface area contributed by atoms with Crippen LogP contribution in [0.5, 0.6) is 0 Å². The van der Waals surface area contributed by atoms with Gasteiger partial charge in [0.15, 0.2) is 0 Å². The Morgan fingerprint density at radius 3 is 2.78 bits per heavy atom. The van der Waals surface area contributed by atoms with Crippen LogP contribution in [0.3, 0.4) is 0 Å². The summed E-state index contributed by atoms with van der Waals surface area (Å²) in [4.78, 5) is 4.64. The van der Waals surface area contributed by atoms with Gasteiger partial charge in [-0.3, -0.25) is 0 Å². The summed E-state index contributed by atoms with van der Waals surface area (Å²) < 4.78 is 3.12. The van der Waals surface area contributed by atoms with Crippen LogP contribution in [0.1, 0.15) is 30.3 Å². The van der Waals surface area contributed by atoms with Crippen LogP contribution in [0.25, 0.3) is 11.4 Å². The molecule has 2 aromatic rings. The molecule has 0 amide bonds. The lowest BCUT2D eigenvalue weighted by molar-refractivity contribution is 0.417. The maximum atomic E-state index is 6.23. The lowest BCUT2D eigenvalue weighted by atomic mass is 10.1. The number of hydrogen-bond acceptors (Lipinski definition) is 2. The van der Waals surface area contributed by atoms with Gasteiger partial charge in [0, 0.05) is 5.56 Å². The molecule has 18 heavy (non-hydrogen) atoms. The third-order valence-corrected chi connectivity index (χ3v) is 4.15. The predicted octanol–water partition coefficient (Wildman–Crippen LogP) is 3.41. The Labute approximate surface area is 115 Å². The lowest BCUT2D eigenvalue weighted by Gasteiger charge is -2.24. The van der Waals surface area contributed by atoms with Gasteiger partial charge in [0.1, 0.15) is 10.4 Å². The van der Waals surface area contributed by atoms with E-state index in [0.717, 1.165) is 35.3 Å². The second-order valence-corrected chi connectivity index (χ2v) is 5.62. The molecule has 0 aliphatic carbocycles. The average molecular weight is 306 g/mol. The summed E-state index contributed by atoms with van der Waals surface area (Å²) in [6.45, 7) is 2.09. The number of nitrogens with two attached hydrogens (primary N) is 1. The second-order valence-electron chi connectivity index (χ2n) is 4.87. The summed E-state index contributed by atoms with van der Waals surface area (Å²) in [7, 11) is 0. The van der Waals surface area contributed by atoms with E-state index in [-0.39, 0.29) is 6.17 Å². The molecule has 1 aliphatic rings. The van der Waals surface area contributed by atoms with Crippen molar-refractivity contribution < 1.29 is 0 Å². The molecule has 0 saturated heterocycles. The number of imidazole rings is 1. The van der Waals surface area contributed by atoms with Gasteiger partial charge in [-0.15, -0.1) is 0 Å². The molecule has 0 spiro atoms. The molecule has 2 N–H and O–H groups in total. The SMILES string of the molecule is Cc1ccc(-c2nc(Br)c3n2C(N)CCC3)cc1. The van der Waals surface area contributed by atoms with Crippen LogP contribution in [0.4, 0.5) is 0 Å². The maximum absolute atomic E-state index is 6.23. The summed E-state index contributed by atoms with van der Waals surface area (Å²) >= 11 is 3.55. The molecule has 1 atom stereocenters. The number of halogens is 1. The second kappa shape index (κ2) is 4.52. The van der Waals surface area contributed by atoms with Crippen molar-refractivity contribution in [1.82, 2.24) is 9.55 Å². The number of aryl methyl sites for hydroxylation is 1. The van der Waals surface area contributed by atoms with E-state index in [9.17, 15) is 0 Å². The van der Waals surface area contributed by atoms with Crippen molar-refractivity contribution in [2.24, 2.45) is 5.73 Å². The minimum absolute atomic E-state index is 0.0452. The van der Waals surface area contributed by atoms with Crippen molar-refractivity contribution in [1.29, 1.82) is 0 Å². The molecule has 0 radical (unpaired) electrons. The average Bonchev–Trinajstić information content (AvgIpc) is 2.70. The number of hydrogen-bond donors (Lipinski definition) is 1. The largest absolute Gasteiger partial charge is 0.311 e. The van der Waals surface area contributed by atoms with Gasteiger partial charge in [-0.05, 0) is 42.1 Å². The number of nitrogens with zero attached hydrogens (tertiary/aromatic N) is 2. The highest BCUT2D eigenvalue weighted by molar-refractivity contribution is 9.10. The fraction of sp³-hybridized carbons (Fsp3) is 0.357. The van der Waals surface area contributed by atoms with E-state index >= 15 is 0 Å². The highest BCUT2D eigenvalue weighted by Crippen LogP contribution is 2.33. The molecule has 2 heterocycles. The zero-order valence-corrected chi connectivity index (χ0v) is 11.9. The molecule has 0 bridgehead atoms. The Hall–Kier alpha value is -1.13. The molecule has 0 saturated carbocycles. The first-order valence-electron chi connectivity index (χ1n) is 6.26. The molecule has 3 rings (SSSR count). The Bertz CT molecular complexity index is 571. The van der Waals surface area contributed by atoms with Gasteiger partial charge in [0.2, 0.25) is 0 Å². The number of benzene rings is 1. The Morgan fingerprint density at radius 1 is 1.33 bits per heavy atom. The smallest absolute Gasteiger partial charge is 0.142 e. The van der Waals surface area contributed by atoms with Crippen LogP contribution in [-0.2, 0) is 6.42 Å². The third-order valence-electron chi connectivity index (χ3n) is 3.52. The van der Waals surface area contributed by atoms with Crippen molar-refractivity contribution in [3.8, 4) is 11.4 Å². The van der Waals surface area contributed by atoms with Crippen LogP contribution in [-0.4, -0.2) is 9.55 Å².